The molecule has 1 aromatic heterocycles. The van der Waals surface area contributed by atoms with Gasteiger partial charge >= 0.3 is 0 Å². The topological polar surface area (TPSA) is 13.1 Å². The number of hydrogen-bond acceptors (Lipinski definition) is 1. The molecule has 216 valence electrons. The third-order valence-corrected chi connectivity index (χ3v) is 8.62. The highest BCUT2D eigenvalue weighted by Gasteiger charge is 2.35. The molecule has 0 fully saturated rings. The van der Waals surface area contributed by atoms with Crippen LogP contribution < -0.4 is 0 Å². The van der Waals surface area contributed by atoms with E-state index < -0.39 is 227 Å². The molecule has 1 heterocycles. The molecule has 0 unspecified atom stereocenters. The first-order valence-electron chi connectivity index (χ1n) is 26.2. The summed E-state index contributed by atoms with van der Waals surface area (Å²) in [5.41, 5.74) is -5.44. The maximum Gasteiger partial charge on any atom is 0.143 e. The molecule has 1 aliphatic carbocycles. The predicted molar refractivity (Wildman–Crippen MR) is 195 cm³/mol. The molecule has 0 saturated heterocycles. The summed E-state index contributed by atoms with van der Waals surface area (Å²) in [6, 6.07) is -18.9. The van der Waals surface area contributed by atoms with E-state index in [9.17, 15) is 12.3 Å². The summed E-state index contributed by atoms with van der Waals surface area (Å²) in [7, 11) is 0. The van der Waals surface area contributed by atoms with E-state index in [-0.39, 0.29) is 22.3 Å². The van der Waals surface area contributed by atoms with Crippen molar-refractivity contribution in [2.75, 3.05) is 0 Å². The van der Waals surface area contributed by atoms with Crippen molar-refractivity contribution in [1.29, 1.82) is 0 Å². The van der Waals surface area contributed by atoms with Gasteiger partial charge in [0.1, 0.15) is 11.2 Å². The Hall–Kier alpha value is -5.66. The lowest BCUT2D eigenvalue weighted by atomic mass is 9.81. The van der Waals surface area contributed by atoms with Gasteiger partial charge in [0.25, 0.3) is 0 Å². The lowest BCUT2D eigenvalue weighted by Gasteiger charge is -2.22. The first-order valence-corrected chi connectivity index (χ1v) is 14.2. The van der Waals surface area contributed by atoms with E-state index in [1.54, 1.807) is 13.8 Å². The van der Waals surface area contributed by atoms with Gasteiger partial charge in [0.2, 0.25) is 0 Å². The Morgan fingerprint density at radius 3 is 1.85 bits per heavy atom. The van der Waals surface area contributed by atoms with E-state index in [2.05, 4.69) is 0 Å². The zero-order valence-electron chi connectivity index (χ0n) is 47.9. The molecule has 46 heavy (non-hydrogen) atoms. The summed E-state index contributed by atoms with van der Waals surface area (Å²) in [4.78, 5) is 0. The van der Waals surface area contributed by atoms with Crippen LogP contribution >= 0.6 is 0 Å². The molecule has 0 spiro atoms. The molecule has 10 rings (SSSR count). The van der Waals surface area contributed by atoms with E-state index in [1.165, 1.54) is 0 Å². The third kappa shape index (κ3) is 3.35. The Kier molecular flexibility index (Phi) is 2.32. The summed E-state index contributed by atoms with van der Waals surface area (Å²) >= 11 is 0. The van der Waals surface area contributed by atoms with Gasteiger partial charge in [0.15, 0.2) is 0 Å². The van der Waals surface area contributed by atoms with Gasteiger partial charge in [0, 0.05) is 21.6 Å². The second kappa shape index (κ2) is 9.19. The number of fused-ring (bicyclic) bond motifs is 10. The van der Waals surface area contributed by atoms with Gasteiger partial charge in [-0.2, -0.15) is 0 Å². The van der Waals surface area contributed by atoms with E-state index in [0.717, 1.165) is 0 Å². The van der Waals surface area contributed by atoms with Gasteiger partial charge in [-0.05, 0) is 89.6 Å². The molecule has 0 atom stereocenters. The Morgan fingerprint density at radius 2 is 1.09 bits per heavy atom. The van der Waals surface area contributed by atoms with E-state index in [4.69, 9.17) is 25.0 Å². The summed E-state index contributed by atoms with van der Waals surface area (Å²) in [5, 5.41) is -4.29. The Labute approximate surface area is 301 Å². The minimum absolute atomic E-state index is 0.00253. The Morgan fingerprint density at radius 1 is 0.478 bits per heavy atom. The molecule has 0 amide bonds. The van der Waals surface area contributed by atoms with Crippen LogP contribution in [-0.4, -0.2) is 0 Å². The highest BCUT2D eigenvalue weighted by atomic mass is 16.3. The van der Waals surface area contributed by atoms with Crippen molar-refractivity contribution in [2.45, 2.75) is 19.3 Å². The molecule has 1 nitrogen and oxygen atoms in total. The summed E-state index contributed by atoms with van der Waals surface area (Å²) in [6.07, 6.45) is 0. The Bertz CT molecular complexity index is 4000. The maximum atomic E-state index is 9.92. The molecule has 0 bridgehead atoms. The van der Waals surface area contributed by atoms with Crippen molar-refractivity contribution < 1.29 is 37.3 Å². The van der Waals surface area contributed by atoms with Crippen molar-refractivity contribution in [3.63, 3.8) is 0 Å². The number of hydrogen-bond donors (Lipinski definition) is 0. The first-order chi connectivity index (χ1) is 32.6. The Balaban J connectivity index is 1.54. The van der Waals surface area contributed by atoms with Crippen molar-refractivity contribution in [3.05, 3.63) is 156 Å². The fourth-order valence-electron chi connectivity index (χ4n) is 6.56. The second-order valence-corrected chi connectivity index (χ2v) is 11.4. The maximum absolute atomic E-state index is 9.92. The quantitative estimate of drug-likeness (QED) is 0.177. The van der Waals surface area contributed by atoms with Crippen LogP contribution in [0.1, 0.15) is 57.9 Å². The molecular weight excluding hydrogens is 556 g/mol. The molecular formula is C45H30O. The fraction of sp³-hybridized carbons (Fsp3) is 0.0667. The molecule has 1 heteroatoms. The normalized spacial score (nSPS) is 20.9. The van der Waals surface area contributed by atoms with Crippen LogP contribution in [0.2, 0.25) is 0 Å². The van der Waals surface area contributed by atoms with Crippen molar-refractivity contribution in [3.8, 4) is 33.4 Å². The predicted octanol–water partition coefficient (Wildman–Crippen LogP) is 12.7. The molecule has 1 aliphatic rings. The highest BCUT2D eigenvalue weighted by Crippen LogP contribution is 2.52. The van der Waals surface area contributed by atoms with Gasteiger partial charge < -0.3 is 4.42 Å². The number of rotatable bonds is 2. The van der Waals surface area contributed by atoms with Gasteiger partial charge in [-0.15, -0.1) is 0 Å². The molecule has 0 N–H and O–H groups in total. The van der Waals surface area contributed by atoms with Crippen molar-refractivity contribution in [1.82, 2.24) is 0 Å². The van der Waals surface area contributed by atoms with Crippen LogP contribution in [0.5, 0.6) is 0 Å². The monoisotopic (exact) mass is 610 g/mol. The zero-order chi connectivity index (χ0) is 51.5. The van der Waals surface area contributed by atoms with Gasteiger partial charge in [-0.25, -0.2) is 0 Å². The molecule has 0 saturated carbocycles. The largest absolute Gasteiger partial charge is 0.455 e. The van der Waals surface area contributed by atoms with Crippen LogP contribution in [0.25, 0.3) is 87.6 Å². The first kappa shape index (κ1) is 11.6. The molecule has 0 aliphatic heterocycles. The van der Waals surface area contributed by atoms with E-state index in [1.807, 2.05) is 0 Å². The van der Waals surface area contributed by atoms with Crippen molar-refractivity contribution >= 4 is 54.3 Å². The van der Waals surface area contributed by atoms with Crippen LogP contribution in [0.15, 0.2) is 149 Å². The highest BCUT2D eigenvalue weighted by molar-refractivity contribution is 6.27. The fourth-order valence-corrected chi connectivity index (χ4v) is 6.56. The lowest BCUT2D eigenvalue weighted by Crippen LogP contribution is -2.14. The summed E-state index contributed by atoms with van der Waals surface area (Å²) in [6.45, 7) is 3.10. The van der Waals surface area contributed by atoms with Gasteiger partial charge in [-0.1, -0.05) is 141 Å². The number of benzene rings is 8. The molecule has 0 radical (unpaired) electrons. The minimum atomic E-state index is -1.43. The van der Waals surface area contributed by atoms with Crippen molar-refractivity contribution in [2.24, 2.45) is 0 Å². The standard InChI is InChI=1S/C45H30O/c1-45(2)38-20-10-9-14-30(38)37-26-28(23-25-39(37)45)41-31-15-5-7-17-33(31)42(34-18-8-6-16-32(34)41)35-19-11-21-40-43(35)36-24-22-27-12-3-4-13-29(27)44(36)46-40/h3-26H,1-2H3/i3D,4D,5D,6D,7D,8D,9D,10D,11D,12D,13D,14D,15D,16D,17D,18D,19D,20D,21D,22D,23D,24D,25D,26D. The van der Waals surface area contributed by atoms with E-state index >= 15 is 0 Å². The summed E-state index contributed by atoms with van der Waals surface area (Å²) < 4.78 is 224. The lowest BCUT2D eigenvalue weighted by molar-refractivity contribution is 0.660. The van der Waals surface area contributed by atoms with Crippen LogP contribution in [0.3, 0.4) is 0 Å². The van der Waals surface area contributed by atoms with Crippen LogP contribution in [-0.2, 0) is 5.41 Å². The third-order valence-electron chi connectivity index (χ3n) is 8.62. The van der Waals surface area contributed by atoms with E-state index in [0.29, 0.717) is 0 Å². The minimum Gasteiger partial charge on any atom is -0.455 e. The van der Waals surface area contributed by atoms with Gasteiger partial charge in [-0.3, -0.25) is 0 Å². The smallest absolute Gasteiger partial charge is 0.143 e. The second-order valence-electron chi connectivity index (χ2n) is 11.4. The van der Waals surface area contributed by atoms with Gasteiger partial charge in [0.05, 0.1) is 32.9 Å². The average Bonchev–Trinajstić information content (AvgIpc) is 3.83. The molecule has 8 aromatic carbocycles. The summed E-state index contributed by atoms with van der Waals surface area (Å²) in [5.74, 6) is 0. The number of furan rings is 1. The zero-order valence-corrected chi connectivity index (χ0v) is 23.9. The van der Waals surface area contributed by atoms with Crippen LogP contribution in [0, 0.1) is 0 Å². The average molecular weight is 611 g/mol. The molecule has 9 aromatic rings. The SMILES string of the molecule is [2H]c1c([2H])c([2H])c2c(c1[2H])-c1c([2H])c(-c3c4c([2H])c([2H])c([2H])c([2H])c4c(-c4c([2H])c([2H])c([2H])c5oc6c7c([2H])c([2H])c([2H])c([2H])c7c([2H])c([2H])c6c45)c4c([2H])c([2H])c([2H])c([2H])c34)c([2H])c([2H])c1C2(C)C. The van der Waals surface area contributed by atoms with Crippen LogP contribution in [0.4, 0.5) is 0 Å².